The van der Waals surface area contributed by atoms with Gasteiger partial charge in [-0.3, -0.25) is 19.2 Å². The maximum absolute atomic E-state index is 14.8. The van der Waals surface area contributed by atoms with Crippen LogP contribution in [0.1, 0.15) is 11.7 Å². The summed E-state index contributed by atoms with van der Waals surface area (Å²) in [7, 11) is -3.92. The average Bonchev–Trinajstić information content (AvgIpc) is 3.75. The van der Waals surface area contributed by atoms with E-state index in [2.05, 4.69) is 0 Å². The highest BCUT2D eigenvalue weighted by Gasteiger charge is 2.55. The molecule has 0 saturated carbocycles. The minimum absolute atomic E-state index is 0.0899. The molecule has 2 saturated heterocycles. The molecule has 0 aliphatic carbocycles. The lowest BCUT2D eigenvalue weighted by atomic mass is 10.0. The van der Waals surface area contributed by atoms with E-state index in [-0.39, 0.29) is 11.3 Å². The fraction of sp³-hybridized carbons (Fsp3) is 0.250. The number of benzene rings is 3. The molecule has 200 valence electrons. The van der Waals surface area contributed by atoms with Gasteiger partial charge in [0.2, 0.25) is 5.75 Å². The zero-order valence-electron chi connectivity index (χ0n) is 19.4. The van der Waals surface area contributed by atoms with Crippen molar-refractivity contribution in [3.05, 3.63) is 88.0 Å². The summed E-state index contributed by atoms with van der Waals surface area (Å²) in [6, 6.07) is 10.9. The smallest absolute Gasteiger partial charge is 0.419 e. The van der Waals surface area contributed by atoms with E-state index in [4.69, 9.17) is 9.26 Å². The topological polar surface area (TPSA) is 84.7 Å². The Morgan fingerprint density at radius 3 is 2.08 bits per heavy atom. The predicted octanol–water partition coefficient (Wildman–Crippen LogP) is 6.69. The minimum Gasteiger partial charge on any atom is -0.450 e. The van der Waals surface area contributed by atoms with Gasteiger partial charge >= 0.3 is 19.5 Å². The molecule has 5 rings (SSSR count). The van der Waals surface area contributed by atoms with Gasteiger partial charge in [0.05, 0.1) is 4.92 Å². The van der Waals surface area contributed by atoms with E-state index < -0.39 is 53.5 Å². The molecule has 3 aromatic rings. The number of alkyl halides is 3. The van der Waals surface area contributed by atoms with E-state index >= 15 is 0 Å². The first-order valence-corrected chi connectivity index (χ1v) is 12.9. The van der Waals surface area contributed by atoms with Crippen LogP contribution in [0.2, 0.25) is 0 Å². The number of nitro groups is 1. The summed E-state index contributed by atoms with van der Waals surface area (Å²) < 4.78 is 96.7. The summed E-state index contributed by atoms with van der Waals surface area (Å²) in [4.78, 5) is 10.7. The monoisotopic (exact) mass is 555 g/mol. The van der Waals surface area contributed by atoms with E-state index in [9.17, 15) is 36.6 Å². The zero-order chi connectivity index (χ0) is 27.2. The minimum atomic E-state index is -5.00. The van der Waals surface area contributed by atoms with E-state index in [1.54, 1.807) is 0 Å². The van der Waals surface area contributed by atoms with Gasteiger partial charge in [0.25, 0.3) is 0 Å². The lowest BCUT2D eigenvalue weighted by molar-refractivity contribution is -0.385. The Bertz CT molecular complexity index is 1410. The molecule has 38 heavy (non-hydrogen) atoms. The fourth-order valence-corrected chi connectivity index (χ4v) is 6.16. The van der Waals surface area contributed by atoms with Crippen LogP contribution in [0.25, 0.3) is 11.1 Å². The molecule has 2 heterocycles. The van der Waals surface area contributed by atoms with Crippen LogP contribution < -0.4 is 4.74 Å². The molecule has 0 N–H and O–H groups in total. The molecule has 0 radical (unpaired) electrons. The van der Waals surface area contributed by atoms with Crippen molar-refractivity contribution in [2.45, 2.75) is 12.3 Å². The maximum Gasteiger partial charge on any atom is 0.419 e. The van der Waals surface area contributed by atoms with Gasteiger partial charge in [-0.1, -0.05) is 12.1 Å². The van der Waals surface area contributed by atoms with Crippen LogP contribution in [-0.4, -0.2) is 46.6 Å². The quantitative estimate of drug-likeness (QED) is 0.0956. The van der Waals surface area contributed by atoms with Crippen LogP contribution >= 0.6 is 7.67 Å². The summed E-state index contributed by atoms with van der Waals surface area (Å²) in [6.45, 7) is 1.30. The summed E-state index contributed by atoms with van der Waals surface area (Å²) >= 11 is 0. The number of halogens is 5. The second-order valence-electron chi connectivity index (χ2n) is 8.66. The number of rotatable bonds is 9. The van der Waals surface area contributed by atoms with Gasteiger partial charge in [-0.15, -0.1) is 0 Å². The Morgan fingerprint density at radius 2 is 1.55 bits per heavy atom. The second-order valence-corrected chi connectivity index (χ2v) is 11.0. The van der Waals surface area contributed by atoms with Crippen molar-refractivity contribution in [1.29, 1.82) is 0 Å². The lowest BCUT2D eigenvalue weighted by Crippen LogP contribution is -2.25. The third-order valence-electron chi connectivity index (χ3n) is 5.91. The Balaban J connectivity index is 1.47. The third kappa shape index (κ3) is 5.41. The van der Waals surface area contributed by atoms with Gasteiger partial charge < -0.3 is 4.74 Å². The van der Waals surface area contributed by atoms with Crippen molar-refractivity contribution in [2.24, 2.45) is 0 Å². The highest BCUT2D eigenvalue weighted by Crippen LogP contribution is 2.64. The maximum atomic E-state index is 14.8. The van der Waals surface area contributed by atoms with E-state index in [0.717, 1.165) is 36.4 Å². The molecule has 2 aliphatic heterocycles. The van der Waals surface area contributed by atoms with Crippen molar-refractivity contribution in [3.8, 4) is 22.6 Å². The Labute approximate surface area is 212 Å². The molecule has 2 fully saturated rings. The molecule has 3 aromatic carbocycles. The van der Waals surface area contributed by atoms with Gasteiger partial charge in [-0.25, -0.2) is 18.1 Å². The van der Waals surface area contributed by atoms with Crippen molar-refractivity contribution in [2.75, 3.05) is 26.2 Å². The van der Waals surface area contributed by atoms with Crippen LogP contribution in [-0.2, 0) is 9.09 Å². The first-order chi connectivity index (χ1) is 18.0. The van der Waals surface area contributed by atoms with Crippen LogP contribution in [0.3, 0.4) is 0 Å². The van der Waals surface area contributed by atoms with Gasteiger partial charge in [0.1, 0.15) is 17.4 Å². The van der Waals surface area contributed by atoms with Crippen LogP contribution in [0.15, 0.2) is 60.7 Å². The molecular formula is C24H19F5N3O5P. The number of nitrogens with zero attached hydrogens (tertiary/aromatic N) is 3. The molecule has 14 heteroatoms. The summed E-state index contributed by atoms with van der Waals surface area (Å²) in [5.41, 5.74) is -0.786. The lowest BCUT2D eigenvalue weighted by Gasteiger charge is -2.28. The molecular weight excluding hydrogens is 536 g/mol. The summed E-state index contributed by atoms with van der Waals surface area (Å²) in [5.74, 6) is -2.13. The van der Waals surface area contributed by atoms with Gasteiger partial charge in [-0.05, 0) is 47.5 Å². The molecule has 1 unspecified atom stereocenters. The van der Waals surface area contributed by atoms with Crippen LogP contribution in [0.5, 0.6) is 11.5 Å². The van der Waals surface area contributed by atoms with E-state index in [0.29, 0.717) is 31.7 Å². The second kappa shape index (κ2) is 9.73. The highest BCUT2D eigenvalue weighted by molar-refractivity contribution is 7.54. The van der Waals surface area contributed by atoms with Gasteiger partial charge in [0, 0.05) is 43.9 Å². The summed E-state index contributed by atoms with van der Waals surface area (Å²) in [6.07, 6.45) is -7.66. The Hall–Kier alpha value is -3.38. The van der Waals surface area contributed by atoms with Crippen molar-refractivity contribution in [3.63, 3.8) is 0 Å². The molecule has 0 amide bonds. The number of nitro benzene ring substituents is 1. The average molecular weight is 555 g/mol. The summed E-state index contributed by atoms with van der Waals surface area (Å²) in [5, 5.41) is 11.6. The molecule has 1 atom stereocenters. The first-order valence-electron chi connectivity index (χ1n) is 11.3. The molecule has 0 aromatic heterocycles. The molecule has 2 aliphatic rings. The fourth-order valence-electron chi connectivity index (χ4n) is 3.83. The zero-order valence-corrected chi connectivity index (χ0v) is 20.3. The SMILES string of the molecule is O=[N+]([O-])c1ccc(C(OP(=O)(N2CC2)N2CC2)C(F)(F)F)cc1Oc1ccc(-c2ccc(F)cc2)c(F)c1. The van der Waals surface area contributed by atoms with E-state index in [1.165, 1.54) is 33.6 Å². The molecule has 0 bridgehead atoms. The predicted molar refractivity (Wildman–Crippen MR) is 126 cm³/mol. The van der Waals surface area contributed by atoms with Gasteiger partial charge in [-0.2, -0.15) is 13.2 Å². The standard InChI is InChI=1S/C24H19F5N3O5P/c25-17-4-1-15(2-5-17)19-7-6-18(14-20(19)26)36-22-13-16(3-8-21(22)32(33)34)23(24(27,28)29)37-38(35,30-9-10-30)31-11-12-31/h1-8,13-14,23H,9-12H2. The van der Waals surface area contributed by atoms with Crippen molar-refractivity contribution >= 4 is 13.4 Å². The Kier molecular flexibility index (Phi) is 6.72. The number of ether oxygens (including phenoxy) is 1. The largest absolute Gasteiger partial charge is 0.450 e. The van der Waals surface area contributed by atoms with Crippen LogP contribution in [0, 0.1) is 21.7 Å². The Morgan fingerprint density at radius 1 is 0.921 bits per heavy atom. The molecule has 8 nitrogen and oxygen atoms in total. The third-order valence-corrected chi connectivity index (χ3v) is 8.62. The van der Waals surface area contributed by atoms with Crippen molar-refractivity contribution < 1.29 is 40.7 Å². The number of hydrogen-bond donors (Lipinski definition) is 0. The van der Waals surface area contributed by atoms with Crippen LogP contribution in [0.4, 0.5) is 27.6 Å². The van der Waals surface area contributed by atoms with Crippen molar-refractivity contribution in [1.82, 2.24) is 9.34 Å². The highest BCUT2D eigenvalue weighted by atomic mass is 31.2. The normalized spacial score (nSPS) is 16.8. The number of hydrogen-bond acceptors (Lipinski definition) is 5. The molecule has 0 spiro atoms. The van der Waals surface area contributed by atoms with E-state index in [1.807, 2.05) is 0 Å². The van der Waals surface area contributed by atoms with Gasteiger partial charge in [0.15, 0.2) is 6.10 Å². The first kappa shape index (κ1) is 26.2.